The third-order valence-electron chi connectivity index (χ3n) is 2.86. The second-order valence-corrected chi connectivity index (χ2v) is 6.31. The van der Waals surface area contributed by atoms with Crippen LogP contribution in [0.4, 0.5) is 5.00 Å². The van der Waals surface area contributed by atoms with Crippen LogP contribution < -0.4 is 11.1 Å². The number of amides is 1. The van der Waals surface area contributed by atoms with Crippen molar-refractivity contribution in [3.8, 4) is 10.4 Å². The standard InChI is InChI=1S/C14H18N2OS2/c1-3-7-16-14(17)12-11(10-6-5-8-18-10)9(4-2)19-13(12)15/h5-6,8H,3-4,7,15H2,1-2H3,(H,16,17). The van der Waals surface area contributed by atoms with E-state index in [1.165, 1.54) is 16.2 Å². The van der Waals surface area contributed by atoms with Gasteiger partial charge in [-0.3, -0.25) is 4.79 Å². The van der Waals surface area contributed by atoms with Crippen molar-refractivity contribution in [3.05, 3.63) is 28.0 Å². The SMILES string of the molecule is CCCNC(=O)c1c(N)sc(CC)c1-c1cccs1. The number of aryl methyl sites for hydroxylation is 1. The summed E-state index contributed by atoms with van der Waals surface area (Å²) in [4.78, 5) is 14.6. The molecule has 0 aromatic carbocycles. The summed E-state index contributed by atoms with van der Waals surface area (Å²) >= 11 is 3.17. The van der Waals surface area contributed by atoms with Gasteiger partial charge in [-0.2, -0.15) is 0 Å². The van der Waals surface area contributed by atoms with Crippen LogP contribution in [0, 0.1) is 0 Å². The first kappa shape index (κ1) is 14.1. The Morgan fingerprint density at radius 1 is 1.42 bits per heavy atom. The first-order chi connectivity index (χ1) is 9.19. The lowest BCUT2D eigenvalue weighted by atomic mass is 10.1. The van der Waals surface area contributed by atoms with Crippen LogP contribution in [0.3, 0.4) is 0 Å². The minimum absolute atomic E-state index is 0.0568. The van der Waals surface area contributed by atoms with E-state index in [2.05, 4.69) is 12.2 Å². The highest BCUT2D eigenvalue weighted by molar-refractivity contribution is 7.18. The first-order valence-electron chi connectivity index (χ1n) is 6.42. The van der Waals surface area contributed by atoms with E-state index in [1.54, 1.807) is 11.3 Å². The predicted molar refractivity (Wildman–Crippen MR) is 84.0 cm³/mol. The molecule has 0 saturated carbocycles. The van der Waals surface area contributed by atoms with Crippen LogP contribution in [-0.2, 0) is 6.42 Å². The summed E-state index contributed by atoms with van der Waals surface area (Å²) in [7, 11) is 0. The molecule has 2 rings (SSSR count). The normalized spacial score (nSPS) is 10.6. The van der Waals surface area contributed by atoms with Crippen LogP contribution in [0.25, 0.3) is 10.4 Å². The number of anilines is 1. The van der Waals surface area contributed by atoms with E-state index < -0.39 is 0 Å². The lowest BCUT2D eigenvalue weighted by Gasteiger charge is -2.06. The number of thiophene rings is 2. The molecule has 19 heavy (non-hydrogen) atoms. The molecule has 1 amide bonds. The average Bonchev–Trinajstić information content (AvgIpc) is 3.02. The third kappa shape index (κ3) is 2.82. The zero-order chi connectivity index (χ0) is 13.8. The molecular weight excluding hydrogens is 276 g/mol. The topological polar surface area (TPSA) is 55.1 Å². The van der Waals surface area contributed by atoms with Gasteiger partial charge in [0.15, 0.2) is 0 Å². The van der Waals surface area contributed by atoms with Gasteiger partial charge in [-0.05, 0) is 24.3 Å². The Bertz CT molecular complexity index is 558. The number of carbonyl (C=O) groups excluding carboxylic acids is 1. The molecule has 5 heteroatoms. The number of carbonyl (C=O) groups is 1. The first-order valence-corrected chi connectivity index (χ1v) is 8.11. The summed E-state index contributed by atoms with van der Waals surface area (Å²) in [6, 6.07) is 4.04. The molecule has 2 aromatic rings. The van der Waals surface area contributed by atoms with Gasteiger partial charge in [0.25, 0.3) is 5.91 Å². The minimum atomic E-state index is -0.0568. The van der Waals surface area contributed by atoms with Crippen molar-refractivity contribution >= 4 is 33.6 Å². The molecule has 0 bridgehead atoms. The number of hydrogen-bond donors (Lipinski definition) is 2. The van der Waals surface area contributed by atoms with E-state index in [0.717, 1.165) is 23.3 Å². The molecule has 0 radical (unpaired) electrons. The number of nitrogens with one attached hydrogen (secondary N) is 1. The molecule has 0 saturated heterocycles. The lowest BCUT2D eigenvalue weighted by molar-refractivity contribution is 0.0955. The van der Waals surface area contributed by atoms with E-state index >= 15 is 0 Å². The van der Waals surface area contributed by atoms with Gasteiger partial charge >= 0.3 is 0 Å². The van der Waals surface area contributed by atoms with Crippen LogP contribution in [-0.4, -0.2) is 12.5 Å². The Morgan fingerprint density at radius 3 is 2.79 bits per heavy atom. The maximum Gasteiger partial charge on any atom is 0.254 e. The highest BCUT2D eigenvalue weighted by Crippen LogP contribution is 2.40. The number of nitrogen functional groups attached to an aromatic ring is 1. The largest absolute Gasteiger partial charge is 0.390 e. The Balaban J connectivity index is 2.47. The van der Waals surface area contributed by atoms with Crippen LogP contribution in [0.5, 0.6) is 0 Å². The van der Waals surface area contributed by atoms with Crippen LogP contribution in [0.2, 0.25) is 0 Å². The van der Waals surface area contributed by atoms with Gasteiger partial charge in [0, 0.05) is 21.9 Å². The molecule has 2 aromatic heterocycles. The maximum atomic E-state index is 12.3. The van der Waals surface area contributed by atoms with E-state index in [9.17, 15) is 4.79 Å². The molecule has 0 unspecified atom stereocenters. The highest BCUT2D eigenvalue weighted by atomic mass is 32.1. The van der Waals surface area contributed by atoms with Crippen molar-refractivity contribution in [2.45, 2.75) is 26.7 Å². The zero-order valence-electron chi connectivity index (χ0n) is 11.2. The van der Waals surface area contributed by atoms with Gasteiger partial charge in [0.05, 0.1) is 10.6 Å². The van der Waals surface area contributed by atoms with Crippen molar-refractivity contribution < 1.29 is 4.79 Å². The minimum Gasteiger partial charge on any atom is -0.390 e. The molecule has 102 valence electrons. The molecule has 0 atom stereocenters. The number of hydrogen-bond acceptors (Lipinski definition) is 4. The van der Waals surface area contributed by atoms with Gasteiger partial charge in [0.1, 0.15) is 0 Å². The third-order valence-corrected chi connectivity index (χ3v) is 4.91. The van der Waals surface area contributed by atoms with Gasteiger partial charge in [-0.25, -0.2) is 0 Å². The van der Waals surface area contributed by atoms with E-state index in [-0.39, 0.29) is 5.91 Å². The molecule has 0 aliphatic heterocycles. The fourth-order valence-corrected chi connectivity index (χ4v) is 3.87. The quantitative estimate of drug-likeness (QED) is 0.882. The van der Waals surface area contributed by atoms with Gasteiger partial charge in [0.2, 0.25) is 0 Å². The van der Waals surface area contributed by atoms with Crippen molar-refractivity contribution in [2.24, 2.45) is 0 Å². The fourth-order valence-electron chi connectivity index (χ4n) is 1.98. The van der Waals surface area contributed by atoms with Crippen LogP contribution >= 0.6 is 22.7 Å². The monoisotopic (exact) mass is 294 g/mol. The zero-order valence-corrected chi connectivity index (χ0v) is 12.8. The summed E-state index contributed by atoms with van der Waals surface area (Å²) in [5.74, 6) is -0.0568. The summed E-state index contributed by atoms with van der Waals surface area (Å²) < 4.78 is 0. The van der Waals surface area contributed by atoms with Crippen molar-refractivity contribution in [3.63, 3.8) is 0 Å². The van der Waals surface area contributed by atoms with Crippen LogP contribution in [0.1, 0.15) is 35.5 Å². The van der Waals surface area contributed by atoms with Crippen LogP contribution in [0.15, 0.2) is 17.5 Å². The molecule has 2 heterocycles. The summed E-state index contributed by atoms with van der Waals surface area (Å²) in [5, 5.41) is 5.57. The van der Waals surface area contributed by atoms with Crippen molar-refractivity contribution in [1.82, 2.24) is 5.32 Å². The second-order valence-electron chi connectivity index (χ2n) is 4.23. The summed E-state index contributed by atoms with van der Waals surface area (Å²) in [5.41, 5.74) is 7.73. The average molecular weight is 294 g/mol. The predicted octanol–water partition coefficient (Wildman–Crippen LogP) is 3.76. The Labute approximate surface area is 121 Å². The number of nitrogens with two attached hydrogens (primary N) is 1. The Hall–Kier alpha value is -1.33. The Morgan fingerprint density at radius 2 is 2.21 bits per heavy atom. The van der Waals surface area contributed by atoms with Crippen molar-refractivity contribution in [1.29, 1.82) is 0 Å². The molecular formula is C14H18N2OS2. The van der Waals surface area contributed by atoms with E-state index in [1.807, 2.05) is 24.4 Å². The van der Waals surface area contributed by atoms with Crippen molar-refractivity contribution in [2.75, 3.05) is 12.3 Å². The smallest absolute Gasteiger partial charge is 0.254 e. The molecule has 3 nitrogen and oxygen atoms in total. The molecule has 3 N–H and O–H groups in total. The fraction of sp³-hybridized carbons (Fsp3) is 0.357. The maximum absolute atomic E-state index is 12.3. The molecule has 0 aliphatic carbocycles. The molecule has 0 aliphatic rings. The molecule has 0 spiro atoms. The van der Waals surface area contributed by atoms with Gasteiger partial charge < -0.3 is 11.1 Å². The Kier molecular flexibility index (Phi) is 4.61. The lowest BCUT2D eigenvalue weighted by Crippen LogP contribution is -2.24. The van der Waals surface area contributed by atoms with Gasteiger partial charge in [-0.15, -0.1) is 22.7 Å². The second kappa shape index (κ2) is 6.21. The van der Waals surface area contributed by atoms with E-state index in [0.29, 0.717) is 17.1 Å². The van der Waals surface area contributed by atoms with E-state index in [4.69, 9.17) is 5.73 Å². The molecule has 0 fully saturated rings. The number of rotatable bonds is 5. The van der Waals surface area contributed by atoms with Gasteiger partial charge in [-0.1, -0.05) is 19.9 Å². The summed E-state index contributed by atoms with van der Waals surface area (Å²) in [6.07, 6.45) is 1.81. The summed E-state index contributed by atoms with van der Waals surface area (Å²) in [6.45, 7) is 4.81. The highest BCUT2D eigenvalue weighted by Gasteiger charge is 2.22.